The summed E-state index contributed by atoms with van der Waals surface area (Å²) >= 11 is 0. The molecule has 0 atom stereocenters. The Morgan fingerprint density at radius 3 is 1.50 bits per heavy atom. The number of carboxylic acid groups (broad SMARTS) is 2. The SMILES string of the molecule is C[S+](C)C.O=C([O-])c1cccc(C(=O)[O-])c1.[Mg+2].[OH-]. The summed E-state index contributed by atoms with van der Waals surface area (Å²) in [7, 11) is 0.639. The van der Waals surface area contributed by atoms with Gasteiger partial charge in [0.05, 0.1) is 30.7 Å². The zero-order valence-electron chi connectivity index (χ0n) is 10.5. The zero-order chi connectivity index (χ0) is 12.7. The van der Waals surface area contributed by atoms with Crippen LogP contribution in [0, 0.1) is 0 Å². The van der Waals surface area contributed by atoms with E-state index in [1.165, 1.54) is 18.2 Å². The van der Waals surface area contributed by atoms with E-state index in [0.29, 0.717) is 10.9 Å². The number of aromatic carboxylic acids is 2. The summed E-state index contributed by atoms with van der Waals surface area (Å²) < 4.78 is 0. The van der Waals surface area contributed by atoms with Crippen molar-refractivity contribution < 1.29 is 25.3 Å². The predicted octanol–water partition coefficient (Wildman–Crippen LogP) is -1.65. The van der Waals surface area contributed by atoms with Crippen molar-refractivity contribution in [3.8, 4) is 0 Å². The second kappa shape index (κ2) is 11.3. The Hall–Kier alpha value is -0.764. The molecule has 0 saturated heterocycles. The van der Waals surface area contributed by atoms with E-state index in [4.69, 9.17) is 0 Å². The molecule has 0 aliphatic heterocycles. The third kappa shape index (κ3) is 10.4. The molecule has 18 heavy (non-hydrogen) atoms. The summed E-state index contributed by atoms with van der Waals surface area (Å²) in [5, 5.41) is 20.5. The molecule has 0 aliphatic rings. The minimum atomic E-state index is -1.40. The van der Waals surface area contributed by atoms with E-state index in [1.54, 1.807) is 0 Å². The molecule has 1 aromatic carbocycles. The second-order valence-electron chi connectivity index (χ2n) is 3.38. The summed E-state index contributed by atoms with van der Waals surface area (Å²) in [5.74, 6) is -2.81. The maximum absolute atomic E-state index is 10.3. The molecule has 0 aliphatic carbocycles. The molecule has 0 aromatic heterocycles. The molecule has 5 nitrogen and oxygen atoms in total. The van der Waals surface area contributed by atoms with Crippen LogP contribution in [0.25, 0.3) is 0 Å². The van der Waals surface area contributed by atoms with Gasteiger partial charge in [0.2, 0.25) is 0 Å². The first-order valence-electron chi connectivity index (χ1n) is 4.36. The van der Waals surface area contributed by atoms with Crippen LogP contribution in [0.3, 0.4) is 0 Å². The standard InChI is InChI=1S/C8H6O4.C3H9S.Mg.H2O/c9-7(10)5-2-1-3-6(4-5)8(11)12;1-4(2)3;;/h1-4H,(H,9,10)(H,11,12);1-3H3;;1H2/q;+1;+2;/p-3. The van der Waals surface area contributed by atoms with Crippen LogP contribution in [0.4, 0.5) is 0 Å². The molecule has 0 fully saturated rings. The van der Waals surface area contributed by atoms with Crippen LogP contribution < -0.4 is 10.2 Å². The number of hydrogen-bond acceptors (Lipinski definition) is 5. The third-order valence-corrected chi connectivity index (χ3v) is 1.33. The van der Waals surface area contributed by atoms with Crippen molar-refractivity contribution in [3.63, 3.8) is 0 Å². The average Bonchev–Trinajstić information content (AvgIpc) is 2.17. The minimum Gasteiger partial charge on any atom is -0.870 e. The normalized spacial score (nSPS) is 8.22. The van der Waals surface area contributed by atoms with E-state index < -0.39 is 11.9 Å². The molecule has 1 N–H and O–H groups in total. The molecule has 0 bridgehead atoms. The molecule has 0 amide bonds. The van der Waals surface area contributed by atoms with Crippen LogP contribution in [0.5, 0.6) is 0 Å². The van der Waals surface area contributed by atoms with Crippen molar-refractivity contribution >= 4 is 45.9 Å². The van der Waals surface area contributed by atoms with Gasteiger partial charge in [-0.15, -0.1) is 0 Å². The topological polar surface area (TPSA) is 110 Å². The number of carbonyl (C=O) groups excluding carboxylic acids is 2. The summed E-state index contributed by atoms with van der Waals surface area (Å²) in [6, 6.07) is 4.81. The molecule has 0 radical (unpaired) electrons. The Labute approximate surface area is 125 Å². The van der Waals surface area contributed by atoms with Gasteiger partial charge in [0, 0.05) is 0 Å². The number of hydrogen-bond donors (Lipinski definition) is 0. The van der Waals surface area contributed by atoms with Crippen LogP contribution in [-0.2, 0) is 10.9 Å². The molecule has 0 heterocycles. The van der Waals surface area contributed by atoms with Gasteiger partial charge in [-0.2, -0.15) is 0 Å². The van der Waals surface area contributed by atoms with Crippen LogP contribution in [0.15, 0.2) is 24.3 Å². The van der Waals surface area contributed by atoms with E-state index in [9.17, 15) is 19.8 Å². The monoisotopic (exact) mass is 282 g/mol. The Kier molecular flexibility index (Phi) is 14.1. The van der Waals surface area contributed by atoms with Crippen molar-refractivity contribution in [2.75, 3.05) is 18.8 Å². The molecule has 0 saturated carbocycles. The van der Waals surface area contributed by atoms with Gasteiger partial charge in [-0.1, -0.05) is 18.2 Å². The van der Waals surface area contributed by atoms with Crippen LogP contribution in [-0.4, -0.2) is 59.2 Å². The molecule has 1 aromatic rings. The molecular weight excluding hydrogens is 268 g/mol. The molecule has 1 rings (SSSR count). The van der Waals surface area contributed by atoms with E-state index in [0.717, 1.165) is 6.07 Å². The van der Waals surface area contributed by atoms with Gasteiger partial charge in [0.15, 0.2) is 0 Å². The van der Waals surface area contributed by atoms with Gasteiger partial charge in [-0.3, -0.25) is 0 Å². The summed E-state index contributed by atoms with van der Waals surface area (Å²) in [5.41, 5.74) is -0.339. The zero-order valence-corrected chi connectivity index (χ0v) is 12.7. The fourth-order valence-electron chi connectivity index (χ4n) is 0.773. The van der Waals surface area contributed by atoms with Crippen LogP contribution in [0.1, 0.15) is 20.7 Å². The molecular formula is C11H14MgO5S. The smallest absolute Gasteiger partial charge is 0.870 e. The minimum absolute atomic E-state index is 0. The van der Waals surface area contributed by atoms with Gasteiger partial charge >= 0.3 is 23.1 Å². The number of benzene rings is 1. The second-order valence-corrected chi connectivity index (χ2v) is 5.83. The summed E-state index contributed by atoms with van der Waals surface area (Å²) in [6.45, 7) is 0. The fourth-order valence-corrected chi connectivity index (χ4v) is 0.773. The van der Waals surface area contributed by atoms with Crippen LogP contribution >= 0.6 is 0 Å². The average molecular weight is 283 g/mol. The van der Waals surface area contributed by atoms with E-state index in [2.05, 4.69) is 18.8 Å². The molecule has 96 valence electrons. The van der Waals surface area contributed by atoms with E-state index >= 15 is 0 Å². The first-order chi connectivity index (χ1) is 7.34. The number of carbonyl (C=O) groups is 2. The Bertz CT molecular complexity index is 349. The first-order valence-corrected chi connectivity index (χ1v) is 6.81. The Morgan fingerprint density at radius 2 is 1.28 bits per heavy atom. The molecule has 7 heteroatoms. The van der Waals surface area contributed by atoms with Gasteiger partial charge < -0.3 is 25.3 Å². The maximum Gasteiger partial charge on any atom is 2.00 e. The van der Waals surface area contributed by atoms with E-state index in [-0.39, 0.29) is 39.7 Å². The van der Waals surface area contributed by atoms with Gasteiger partial charge in [0.1, 0.15) is 0 Å². The van der Waals surface area contributed by atoms with Crippen molar-refractivity contribution in [2.45, 2.75) is 0 Å². The quantitative estimate of drug-likeness (QED) is 0.477. The summed E-state index contributed by atoms with van der Waals surface area (Å²) in [4.78, 5) is 20.5. The fraction of sp³-hybridized carbons (Fsp3) is 0.273. The van der Waals surface area contributed by atoms with Crippen molar-refractivity contribution in [2.24, 2.45) is 0 Å². The van der Waals surface area contributed by atoms with E-state index in [1.807, 2.05) is 0 Å². The molecule has 0 spiro atoms. The van der Waals surface area contributed by atoms with Crippen LogP contribution in [0.2, 0.25) is 0 Å². The van der Waals surface area contributed by atoms with Crippen molar-refractivity contribution in [1.82, 2.24) is 0 Å². The molecule has 0 unspecified atom stereocenters. The van der Waals surface area contributed by atoms with Crippen molar-refractivity contribution in [3.05, 3.63) is 35.4 Å². The Balaban J connectivity index is -0.000000332. The largest absolute Gasteiger partial charge is 2.00 e. The van der Waals surface area contributed by atoms with Crippen molar-refractivity contribution in [1.29, 1.82) is 0 Å². The Morgan fingerprint density at radius 1 is 1.00 bits per heavy atom. The summed E-state index contributed by atoms with van der Waals surface area (Å²) in [6.07, 6.45) is 6.58. The first kappa shape index (κ1) is 22.4. The van der Waals surface area contributed by atoms with Gasteiger partial charge in [-0.05, 0) is 28.1 Å². The number of carboxylic acids is 2. The van der Waals surface area contributed by atoms with Gasteiger partial charge in [-0.25, -0.2) is 0 Å². The number of rotatable bonds is 2. The predicted molar refractivity (Wildman–Crippen MR) is 67.9 cm³/mol. The third-order valence-electron chi connectivity index (χ3n) is 1.33. The maximum atomic E-state index is 10.3. The van der Waals surface area contributed by atoms with Gasteiger partial charge in [0.25, 0.3) is 0 Å².